The smallest absolute Gasteiger partial charge is 0.326 e. The number of hydrogen-bond acceptors (Lipinski definition) is 3. The molecule has 1 heterocycles. The van der Waals surface area contributed by atoms with Crippen LogP contribution < -0.4 is 5.32 Å². The fourth-order valence-corrected chi connectivity index (χ4v) is 2.52. The van der Waals surface area contributed by atoms with Gasteiger partial charge in [-0.3, -0.25) is 0 Å². The van der Waals surface area contributed by atoms with Crippen molar-refractivity contribution in [1.29, 1.82) is 0 Å². The molecular formula is C12H18N2O3S. The third-order valence-electron chi connectivity index (χ3n) is 2.92. The highest BCUT2D eigenvalue weighted by atomic mass is 32.2. The zero-order chi connectivity index (χ0) is 13.5. The van der Waals surface area contributed by atoms with Gasteiger partial charge in [0.2, 0.25) is 0 Å². The van der Waals surface area contributed by atoms with E-state index < -0.39 is 12.0 Å². The number of carboxylic acid groups (broad SMARTS) is 1. The van der Waals surface area contributed by atoms with Gasteiger partial charge in [0.05, 0.1) is 5.75 Å². The lowest BCUT2D eigenvalue weighted by Crippen LogP contribution is -2.48. The first-order valence-electron chi connectivity index (χ1n) is 5.86. The Hall–Kier alpha value is -1.35. The summed E-state index contributed by atoms with van der Waals surface area (Å²) in [6.07, 6.45) is 5.84. The predicted molar refractivity (Wildman–Crippen MR) is 71.5 cm³/mol. The fraction of sp³-hybridized carbons (Fsp3) is 0.667. The van der Waals surface area contributed by atoms with Crippen LogP contribution in [0.25, 0.3) is 0 Å². The Morgan fingerprint density at radius 2 is 2.33 bits per heavy atom. The summed E-state index contributed by atoms with van der Waals surface area (Å²) in [6, 6.07) is -1.00. The minimum atomic E-state index is -0.933. The van der Waals surface area contributed by atoms with Crippen molar-refractivity contribution in [2.75, 3.05) is 24.6 Å². The summed E-state index contributed by atoms with van der Waals surface area (Å²) in [6.45, 7) is 2.86. The number of rotatable bonds is 5. The van der Waals surface area contributed by atoms with E-state index in [2.05, 4.69) is 11.2 Å². The summed E-state index contributed by atoms with van der Waals surface area (Å²) in [5, 5.41) is 11.8. The average molecular weight is 270 g/mol. The monoisotopic (exact) mass is 270 g/mol. The summed E-state index contributed by atoms with van der Waals surface area (Å²) in [7, 11) is 0. The molecule has 1 aliphatic rings. The SMILES string of the molecule is C#CCSCCNC(=O)N1CCC(C)C1C(=O)O. The molecule has 0 radical (unpaired) electrons. The van der Waals surface area contributed by atoms with E-state index in [0.717, 1.165) is 12.2 Å². The number of amides is 2. The molecule has 2 amide bonds. The van der Waals surface area contributed by atoms with Crippen LogP contribution in [0, 0.1) is 18.3 Å². The van der Waals surface area contributed by atoms with Gasteiger partial charge in [-0.25, -0.2) is 9.59 Å². The summed E-state index contributed by atoms with van der Waals surface area (Å²) < 4.78 is 0. The van der Waals surface area contributed by atoms with Gasteiger partial charge in [-0.15, -0.1) is 18.2 Å². The van der Waals surface area contributed by atoms with Gasteiger partial charge < -0.3 is 15.3 Å². The van der Waals surface area contributed by atoms with Crippen LogP contribution in [0.4, 0.5) is 4.79 Å². The summed E-state index contributed by atoms with van der Waals surface area (Å²) >= 11 is 1.56. The number of carboxylic acids is 1. The van der Waals surface area contributed by atoms with E-state index in [0.29, 0.717) is 18.8 Å². The summed E-state index contributed by atoms with van der Waals surface area (Å²) in [5.74, 6) is 2.92. The zero-order valence-electron chi connectivity index (χ0n) is 10.4. The molecular weight excluding hydrogens is 252 g/mol. The van der Waals surface area contributed by atoms with E-state index in [1.807, 2.05) is 6.92 Å². The molecule has 0 aliphatic carbocycles. The van der Waals surface area contributed by atoms with Crippen LogP contribution in [-0.2, 0) is 4.79 Å². The zero-order valence-corrected chi connectivity index (χ0v) is 11.2. The standard InChI is InChI=1S/C12H18N2O3S/c1-3-7-18-8-5-13-12(17)14-6-4-9(2)10(14)11(15)16/h1,9-10H,4-8H2,2H3,(H,13,17)(H,15,16). The van der Waals surface area contributed by atoms with E-state index in [1.54, 1.807) is 11.8 Å². The Bertz CT molecular complexity index is 354. The van der Waals surface area contributed by atoms with Gasteiger partial charge in [-0.2, -0.15) is 0 Å². The molecule has 1 aliphatic heterocycles. The lowest BCUT2D eigenvalue weighted by atomic mass is 10.0. The van der Waals surface area contributed by atoms with Crippen LogP contribution >= 0.6 is 11.8 Å². The highest BCUT2D eigenvalue weighted by Crippen LogP contribution is 2.23. The molecule has 0 bridgehead atoms. The quantitative estimate of drug-likeness (QED) is 0.574. The largest absolute Gasteiger partial charge is 0.480 e. The molecule has 1 fully saturated rings. The second-order valence-electron chi connectivity index (χ2n) is 4.23. The second kappa shape index (κ2) is 7.17. The lowest BCUT2D eigenvalue weighted by molar-refractivity contribution is -0.142. The van der Waals surface area contributed by atoms with Gasteiger partial charge in [-0.1, -0.05) is 12.8 Å². The van der Waals surface area contributed by atoms with Gasteiger partial charge in [-0.05, 0) is 12.3 Å². The molecule has 0 aromatic rings. The van der Waals surface area contributed by atoms with E-state index in [1.165, 1.54) is 4.90 Å². The Labute approximate surface area is 111 Å². The topological polar surface area (TPSA) is 69.6 Å². The van der Waals surface area contributed by atoms with Crippen molar-refractivity contribution < 1.29 is 14.7 Å². The normalized spacial score (nSPS) is 22.6. The first-order valence-corrected chi connectivity index (χ1v) is 7.02. The predicted octanol–water partition coefficient (Wildman–Crippen LogP) is 0.857. The molecule has 0 aromatic heterocycles. The number of carbonyl (C=O) groups excluding carboxylic acids is 1. The third-order valence-corrected chi connectivity index (χ3v) is 3.79. The maximum atomic E-state index is 11.8. The molecule has 18 heavy (non-hydrogen) atoms. The van der Waals surface area contributed by atoms with Crippen LogP contribution in [0.2, 0.25) is 0 Å². The molecule has 2 atom stereocenters. The van der Waals surface area contributed by atoms with E-state index in [4.69, 9.17) is 11.5 Å². The Morgan fingerprint density at radius 1 is 1.61 bits per heavy atom. The minimum absolute atomic E-state index is 0.00376. The highest BCUT2D eigenvalue weighted by Gasteiger charge is 2.39. The third kappa shape index (κ3) is 3.84. The maximum Gasteiger partial charge on any atom is 0.326 e. The van der Waals surface area contributed by atoms with Crippen LogP contribution in [0.15, 0.2) is 0 Å². The Kier molecular flexibility index (Phi) is 5.86. The van der Waals surface area contributed by atoms with Crippen molar-refractivity contribution in [1.82, 2.24) is 10.2 Å². The molecule has 2 unspecified atom stereocenters. The molecule has 0 spiro atoms. The molecule has 5 nitrogen and oxygen atoms in total. The number of nitrogens with zero attached hydrogens (tertiary/aromatic N) is 1. The van der Waals surface area contributed by atoms with Crippen LogP contribution in [0.5, 0.6) is 0 Å². The van der Waals surface area contributed by atoms with Crippen molar-refractivity contribution in [3.8, 4) is 12.3 Å². The molecule has 1 rings (SSSR count). The van der Waals surface area contributed by atoms with Crippen molar-refractivity contribution >= 4 is 23.8 Å². The average Bonchev–Trinajstić information content (AvgIpc) is 2.70. The van der Waals surface area contributed by atoms with Crippen molar-refractivity contribution in [2.24, 2.45) is 5.92 Å². The minimum Gasteiger partial charge on any atom is -0.480 e. The maximum absolute atomic E-state index is 11.8. The van der Waals surface area contributed by atoms with Crippen molar-refractivity contribution in [3.63, 3.8) is 0 Å². The Balaban J connectivity index is 2.37. The van der Waals surface area contributed by atoms with Crippen LogP contribution in [0.1, 0.15) is 13.3 Å². The first-order chi connectivity index (χ1) is 8.57. The molecule has 1 saturated heterocycles. The number of urea groups is 1. The number of aliphatic carboxylic acids is 1. The molecule has 0 saturated carbocycles. The van der Waals surface area contributed by atoms with Crippen LogP contribution in [-0.4, -0.2) is 52.6 Å². The highest BCUT2D eigenvalue weighted by molar-refractivity contribution is 7.99. The van der Waals surface area contributed by atoms with E-state index in [9.17, 15) is 9.59 Å². The molecule has 100 valence electrons. The summed E-state index contributed by atoms with van der Waals surface area (Å²) in [5.41, 5.74) is 0. The number of thioether (sulfide) groups is 1. The number of nitrogens with one attached hydrogen (secondary N) is 1. The Morgan fingerprint density at radius 3 is 2.94 bits per heavy atom. The fourth-order valence-electron chi connectivity index (χ4n) is 2.01. The number of likely N-dealkylation sites (tertiary alicyclic amines) is 1. The van der Waals surface area contributed by atoms with Crippen molar-refractivity contribution in [3.05, 3.63) is 0 Å². The number of terminal acetylenes is 1. The van der Waals surface area contributed by atoms with E-state index in [-0.39, 0.29) is 11.9 Å². The molecule has 2 N–H and O–H groups in total. The second-order valence-corrected chi connectivity index (χ2v) is 5.34. The van der Waals surface area contributed by atoms with E-state index >= 15 is 0 Å². The van der Waals surface area contributed by atoms with Gasteiger partial charge >= 0.3 is 12.0 Å². The molecule has 6 heteroatoms. The first kappa shape index (κ1) is 14.7. The van der Waals surface area contributed by atoms with Gasteiger partial charge in [0, 0.05) is 18.8 Å². The number of hydrogen-bond donors (Lipinski definition) is 2. The molecule has 0 aromatic carbocycles. The lowest BCUT2D eigenvalue weighted by Gasteiger charge is -2.23. The van der Waals surface area contributed by atoms with Crippen LogP contribution in [0.3, 0.4) is 0 Å². The van der Waals surface area contributed by atoms with Crippen molar-refractivity contribution in [2.45, 2.75) is 19.4 Å². The summed E-state index contributed by atoms with van der Waals surface area (Å²) in [4.78, 5) is 24.3. The van der Waals surface area contributed by atoms with Gasteiger partial charge in [0.1, 0.15) is 6.04 Å². The van der Waals surface area contributed by atoms with Gasteiger partial charge in [0.15, 0.2) is 0 Å². The van der Waals surface area contributed by atoms with Gasteiger partial charge in [0.25, 0.3) is 0 Å². The number of carbonyl (C=O) groups is 2.